The van der Waals surface area contributed by atoms with Gasteiger partial charge in [-0.1, -0.05) is 19.0 Å². The summed E-state index contributed by atoms with van der Waals surface area (Å²) in [6.07, 6.45) is 2.90. The number of nitrogens with zero attached hydrogens (tertiary/aromatic N) is 2. The maximum atomic E-state index is 12.0. The maximum absolute atomic E-state index is 12.0. The summed E-state index contributed by atoms with van der Waals surface area (Å²) < 4.78 is 10.8. The molecule has 0 radical (unpaired) electrons. The van der Waals surface area contributed by atoms with Gasteiger partial charge < -0.3 is 20.3 Å². The largest absolute Gasteiger partial charge is 0.485 e. The van der Waals surface area contributed by atoms with Crippen LogP contribution in [0.2, 0.25) is 0 Å². The van der Waals surface area contributed by atoms with Gasteiger partial charge in [0.1, 0.15) is 5.75 Å². The van der Waals surface area contributed by atoms with E-state index in [0.29, 0.717) is 41.4 Å². The van der Waals surface area contributed by atoms with Gasteiger partial charge in [-0.3, -0.25) is 4.79 Å². The number of anilines is 1. The molecule has 0 bridgehead atoms. The van der Waals surface area contributed by atoms with E-state index < -0.39 is 6.04 Å². The van der Waals surface area contributed by atoms with Crippen LogP contribution in [0.3, 0.4) is 0 Å². The predicted molar refractivity (Wildman–Crippen MR) is 93.1 cm³/mol. The molecule has 0 aliphatic heterocycles. The van der Waals surface area contributed by atoms with Gasteiger partial charge in [-0.15, -0.1) is 0 Å². The number of benzene rings is 1. The van der Waals surface area contributed by atoms with Gasteiger partial charge in [0.05, 0.1) is 6.04 Å². The number of hydrogen-bond donors (Lipinski definition) is 2. The summed E-state index contributed by atoms with van der Waals surface area (Å²) >= 11 is 0. The molecule has 7 nitrogen and oxygen atoms in total. The van der Waals surface area contributed by atoms with E-state index in [1.54, 1.807) is 24.3 Å². The van der Waals surface area contributed by atoms with Gasteiger partial charge in [0.15, 0.2) is 6.61 Å². The molecule has 1 aromatic carbocycles. The molecule has 0 spiro atoms. The van der Waals surface area contributed by atoms with Gasteiger partial charge >= 0.3 is 0 Å². The molecule has 1 aromatic heterocycles. The molecule has 1 amide bonds. The molecule has 1 heterocycles. The molecule has 1 aliphatic rings. The van der Waals surface area contributed by atoms with Crippen molar-refractivity contribution in [2.24, 2.45) is 11.7 Å². The van der Waals surface area contributed by atoms with Crippen molar-refractivity contribution in [1.29, 1.82) is 0 Å². The van der Waals surface area contributed by atoms with E-state index in [1.807, 2.05) is 13.8 Å². The third kappa shape index (κ3) is 5.03. The van der Waals surface area contributed by atoms with Crippen molar-refractivity contribution < 1.29 is 14.1 Å². The first kappa shape index (κ1) is 17.4. The van der Waals surface area contributed by atoms with Gasteiger partial charge in [-0.2, -0.15) is 4.98 Å². The summed E-state index contributed by atoms with van der Waals surface area (Å²) in [5.74, 6) is 2.55. The Hall–Kier alpha value is -2.41. The van der Waals surface area contributed by atoms with Crippen molar-refractivity contribution >= 4 is 11.6 Å². The molecule has 1 atom stereocenters. The molecule has 3 N–H and O–H groups in total. The lowest BCUT2D eigenvalue weighted by Gasteiger charge is -2.14. The highest BCUT2D eigenvalue weighted by molar-refractivity contribution is 5.94. The van der Waals surface area contributed by atoms with Crippen LogP contribution in [0.5, 0.6) is 5.75 Å². The number of rotatable bonds is 8. The zero-order chi connectivity index (χ0) is 17.8. The smallest absolute Gasteiger partial charge is 0.241 e. The van der Waals surface area contributed by atoms with Crippen molar-refractivity contribution in [3.8, 4) is 5.75 Å². The lowest BCUT2D eigenvalue weighted by Crippen LogP contribution is -2.36. The van der Waals surface area contributed by atoms with Crippen molar-refractivity contribution in [3.05, 3.63) is 36.0 Å². The fraction of sp³-hybridized carbons (Fsp3) is 0.500. The highest BCUT2D eigenvalue weighted by Crippen LogP contribution is 2.38. The van der Waals surface area contributed by atoms with E-state index >= 15 is 0 Å². The predicted octanol–water partition coefficient (Wildman–Crippen LogP) is 2.84. The second-order valence-electron chi connectivity index (χ2n) is 6.86. The minimum Gasteiger partial charge on any atom is -0.485 e. The van der Waals surface area contributed by atoms with Crippen LogP contribution in [0, 0.1) is 5.92 Å². The molecular formula is C18H24N4O3. The summed E-state index contributed by atoms with van der Waals surface area (Å²) in [5.41, 5.74) is 6.56. The van der Waals surface area contributed by atoms with Crippen LogP contribution < -0.4 is 15.8 Å². The van der Waals surface area contributed by atoms with E-state index in [0.717, 1.165) is 12.8 Å². The number of carbonyl (C=O) groups excluding carboxylic acids is 1. The summed E-state index contributed by atoms with van der Waals surface area (Å²) in [5, 5.41) is 6.72. The molecule has 1 aliphatic carbocycles. The average molecular weight is 344 g/mol. The Kier molecular flexibility index (Phi) is 5.33. The Morgan fingerprint density at radius 3 is 2.72 bits per heavy atom. The molecule has 2 aromatic rings. The Bertz CT molecular complexity index is 707. The van der Waals surface area contributed by atoms with Crippen LogP contribution in [0.4, 0.5) is 5.69 Å². The van der Waals surface area contributed by atoms with Crippen LogP contribution in [0.25, 0.3) is 0 Å². The summed E-state index contributed by atoms with van der Waals surface area (Å²) in [6, 6.07) is 6.62. The molecule has 3 rings (SSSR count). The number of amides is 1. The lowest BCUT2D eigenvalue weighted by atomic mass is 10.0. The van der Waals surface area contributed by atoms with Gasteiger partial charge in [0.2, 0.25) is 17.6 Å². The molecule has 25 heavy (non-hydrogen) atoms. The first-order chi connectivity index (χ1) is 12.0. The van der Waals surface area contributed by atoms with Gasteiger partial charge in [0.25, 0.3) is 0 Å². The normalized spacial score (nSPS) is 15.2. The number of hydrogen-bond acceptors (Lipinski definition) is 6. The number of nitrogens with two attached hydrogens (primary N) is 1. The molecule has 1 fully saturated rings. The number of aromatic nitrogens is 2. The zero-order valence-corrected chi connectivity index (χ0v) is 14.6. The van der Waals surface area contributed by atoms with E-state index in [4.69, 9.17) is 15.0 Å². The SMILES string of the molecule is CC(C)C[C@H](N)C(=O)Nc1ccc(OCc2noc(C3CC3)n2)cc1. The van der Waals surface area contributed by atoms with Crippen LogP contribution in [0.15, 0.2) is 28.8 Å². The van der Waals surface area contributed by atoms with E-state index in [-0.39, 0.29) is 12.5 Å². The van der Waals surface area contributed by atoms with Crippen LogP contribution in [-0.4, -0.2) is 22.1 Å². The van der Waals surface area contributed by atoms with Crippen molar-refractivity contribution in [1.82, 2.24) is 10.1 Å². The maximum Gasteiger partial charge on any atom is 0.241 e. The monoisotopic (exact) mass is 344 g/mol. The second-order valence-corrected chi connectivity index (χ2v) is 6.86. The summed E-state index contributed by atoms with van der Waals surface area (Å²) in [7, 11) is 0. The average Bonchev–Trinajstić information content (AvgIpc) is 3.32. The van der Waals surface area contributed by atoms with E-state index in [2.05, 4.69) is 15.5 Å². The number of carbonyl (C=O) groups is 1. The van der Waals surface area contributed by atoms with Crippen LogP contribution in [0.1, 0.15) is 50.7 Å². The fourth-order valence-electron chi connectivity index (χ4n) is 2.45. The number of nitrogens with one attached hydrogen (secondary N) is 1. The zero-order valence-electron chi connectivity index (χ0n) is 14.6. The standard InChI is InChI=1S/C18H24N4O3/c1-11(2)9-15(19)17(23)20-13-5-7-14(8-6-13)24-10-16-21-18(25-22-16)12-3-4-12/h5-8,11-12,15H,3-4,9-10,19H2,1-2H3,(H,20,23)/t15-/m0/s1. The van der Waals surface area contributed by atoms with Crippen LogP contribution in [-0.2, 0) is 11.4 Å². The van der Waals surface area contributed by atoms with Crippen molar-refractivity contribution in [3.63, 3.8) is 0 Å². The minimum atomic E-state index is -0.505. The summed E-state index contributed by atoms with van der Waals surface area (Å²) in [4.78, 5) is 16.3. The molecular weight excluding hydrogens is 320 g/mol. The fourth-order valence-corrected chi connectivity index (χ4v) is 2.45. The molecule has 1 saturated carbocycles. The van der Waals surface area contributed by atoms with E-state index in [9.17, 15) is 4.79 Å². The molecule has 0 unspecified atom stereocenters. The quantitative estimate of drug-likeness (QED) is 0.763. The highest BCUT2D eigenvalue weighted by Gasteiger charge is 2.29. The Morgan fingerprint density at radius 1 is 1.36 bits per heavy atom. The topological polar surface area (TPSA) is 103 Å². The summed E-state index contributed by atoms with van der Waals surface area (Å²) in [6.45, 7) is 4.33. The first-order valence-electron chi connectivity index (χ1n) is 8.63. The van der Waals surface area contributed by atoms with Gasteiger partial charge in [-0.05, 0) is 49.4 Å². The van der Waals surface area contributed by atoms with Crippen LogP contribution >= 0.6 is 0 Å². The highest BCUT2D eigenvalue weighted by atomic mass is 16.5. The van der Waals surface area contributed by atoms with Crippen molar-refractivity contribution in [2.45, 2.75) is 51.7 Å². The molecule has 134 valence electrons. The Labute approximate surface area is 146 Å². The third-order valence-corrected chi connectivity index (χ3v) is 3.96. The molecule has 7 heteroatoms. The second kappa shape index (κ2) is 7.65. The van der Waals surface area contributed by atoms with E-state index in [1.165, 1.54) is 0 Å². The Balaban J connectivity index is 1.48. The first-order valence-corrected chi connectivity index (χ1v) is 8.63. The minimum absolute atomic E-state index is 0.179. The van der Waals surface area contributed by atoms with Gasteiger partial charge in [0, 0.05) is 11.6 Å². The van der Waals surface area contributed by atoms with Crippen molar-refractivity contribution in [2.75, 3.05) is 5.32 Å². The lowest BCUT2D eigenvalue weighted by molar-refractivity contribution is -0.117. The molecule has 0 saturated heterocycles. The Morgan fingerprint density at radius 2 is 2.08 bits per heavy atom. The third-order valence-electron chi connectivity index (χ3n) is 3.96. The number of ether oxygens (including phenoxy) is 1. The van der Waals surface area contributed by atoms with Gasteiger partial charge in [-0.25, -0.2) is 0 Å².